The van der Waals surface area contributed by atoms with Crippen LogP contribution in [-0.4, -0.2) is 18.7 Å². The molecule has 0 saturated carbocycles. The monoisotopic (exact) mass is 254 g/mol. The second-order valence-electron chi connectivity index (χ2n) is 5.26. The van der Waals surface area contributed by atoms with Gasteiger partial charge in [0.25, 0.3) is 0 Å². The van der Waals surface area contributed by atoms with Crippen molar-refractivity contribution in [2.24, 2.45) is 5.92 Å². The number of rotatable bonds is 7. The first-order valence-corrected chi connectivity index (χ1v) is 7.14. The van der Waals surface area contributed by atoms with Crippen LogP contribution < -0.4 is 0 Å². The number of ether oxygens (including phenoxy) is 2. The number of carbonyl (C=O) groups excluding carboxylic acids is 1. The smallest absolute Gasteiger partial charge is 0.337 e. The van der Waals surface area contributed by atoms with Crippen molar-refractivity contribution in [1.82, 2.24) is 0 Å². The molecule has 0 aromatic carbocycles. The Morgan fingerprint density at radius 1 is 1.44 bits per heavy atom. The van der Waals surface area contributed by atoms with Crippen molar-refractivity contribution >= 4 is 5.97 Å². The minimum absolute atomic E-state index is 0.165. The highest BCUT2D eigenvalue weighted by molar-refractivity contribution is 5.89. The van der Waals surface area contributed by atoms with Crippen LogP contribution in [0.1, 0.15) is 59.8 Å². The van der Waals surface area contributed by atoms with E-state index in [4.69, 9.17) is 9.47 Å². The summed E-state index contributed by atoms with van der Waals surface area (Å²) < 4.78 is 11.0. The largest absolute Gasteiger partial charge is 0.494 e. The molecule has 104 valence electrons. The molecule has 1 unspecified atom stereocenters. The molecule has 18 heavy (non-hydrogen) atoms. The van der Waals surface area contributed by atoms with Crippen molar-refractivity contribution in [2.45, 2.75) is 65.9 Å². The maximum absolute atomic E-state index is 11.9. The summed E-state index contributed by atoms with van der Waals surface area (Å²) >= 11 is 0. The zero-order valence-corrected chi connectivity index (χ0v) is 12.1. The second-order valence-corrected chi connectivity index (χ2v) is 5.26. The van der Waals surface area contributed by atoms with Crippen LogP contribution in [0.4, 0.5) is 0 Å². The molecule has 0 aromatic rings. The Bertz CT molecular complexity index is 305. The molecule has 0 N–H and O–H groups in total. The van der Waals surface area contributed by atoms with Crippen LogP contribution in [0.2, 0.25) is 0 Å². The zero-order valence-electron chi connectivity index (χ0n) is 12.1. The van der Waals surface area contributed by atoms with Crippen LogP contribution >= 0.6 is 0 Å². The molecule has 3 nitrogen and oxygen atoms in total. The fraction of sp³-hybridized carbons (Fsp3) is 0.800. The third-order valence-electron chi connectivity index (χ3n) is 3.24. The summed E-state index contributed by atoms with van der Waals surface area (Å²) in [5, 5.41) is 0. The van der Waals surface area contributed by atoms with Gasteiger partial charge in [-0.05, 0) is 25.7 Å². The average Bonchev–Trinajstić information content (AvgIpc) is 2.72. The Labute approximate surface area is 111 Å². The maximum Gasteiger partial charge on any atom is 0.337 e. The molecule has 0 radical (unpaired) electrons. The lowest BCUT2D eigenvalue weighted by Crippen LogP contribution is -2.09. The van der Waals surface area contributed by atoms with Gasteiger partial charge in [0, 0.05) is 12.8 Å². The van der Waals surface area contributed by atoms with Gasteiger partial charge in [-0.2, -0.15) is 0 Å². The maximum atomic E-state index is 11.9. The number of hydrogen-bond donors (Lipinski definition) is 0. The van der Waals surface area contributed by atoms with Crippen LogP contribution in [0.15, 0.2) is 11.3 Å². The van der Waals surface area contributed by atoms with Crippen LogP contribution in [0, 0.1) is 5.92 Å². The highest BCUT2D eigenvalue weighted by Crippen LogP contribution is 2.31. The Morgan fingerprint density at radius 2 is 2.17 bits per heavy atom. The lowest BCUT2D eigenvalue weighted by Gasteiger charge is -2.11. The van der Waals surface area contributed by atoms with Gasteiger partial charge in [-0.25, -0.2) is 4.79 Å². The van der Waals surface area contributed by atoms with E-state index >= 15 is 0 Å². The summed E-state index contributed by atoms with van der Waals surface area (Å²) in [7, 11) is 0. The molecule has 1 rings (SSSR count). The number of carbonyl (C=O) groups is 1. The van der Waals surface area contributed by atoms with Gasteiger partial charge in [0.05, 0.1) is 12.2 Å². The van der Waals surface area contributed by atoms with E-state index in [1.54, 1.807) is 0 Å². The van der Waals surface area contributed by atoms with Gasteiger partial charge in [0.15, 0.2) is 0 Å². The van der Waals surface area contributed by atoms with Crippen molar-refractivity contribution in [3.8, 4) is 0 Å². The summed E-state index contributed by atoms with van der Waals surface area (Å²) in [6, 6.07) is 0. The molecule has 0 spiro atoms. The summed E-state index contributed by atoms with van der Waals surface area (Å²) in [6.45, 7) is 8.78. The van der Waals surface area contributed by atoms with Crippen molar-refractivity contribution in [1.29, 1.82) is 0 Å². The number of esters is 1. The quantitative estimate of drug-likeness (QED) is 0.648. The molecule has 0 fully saturated rings. The SMILES string of the molecule is CCOC(=O)C1=C(CCCC(C)C)OC(CC)C1. The van der Waals surface area contributed by atoms with E-state index in [-0.39, 0.29) is 12.1 Å². The van der Waals surface area contributed by atoms with Gasteiger partial charge in [-0.1, -0.05) is 27.2 Å². The minimum atomic E-state index is -0.187. The van der Waals surface area contributed by atoms with Crippen LogP contribution in [0.3, 0.4) is 0 Å². The molecular weight excluding hydrogens is 228 g/mol. The highest BCUT2D eigenvalue weighted by atomic mass is 16.5. The van der Waals surface area contributed by atoms with Crippen LogP contribution in [-0.2, 0) is 14.3 Å². The van der Waals surface area contributed by atoms with E-state index in [9.17, 15) is 4.79 Å². The summed E-state index contributed by atoms with van der Waals surface area (Å²) in [6.07, 6.45) is 4.93. The molecule has 1 aliphatic rings. The summed E-state index contributed by atoms with van der Waals surface area (Å²) in [4.78, 5) is 11.9. The van der Waals surface area contributed by atoms with Crippen molar-refractivity contribution in [2.75, 3.05) is 6.61 Å². The zero-order chi connectivity index (χ0) is 13.5. The molecule has 0 bridgehead atoms. The molecule has 1 atom stereocenters. The molecule has 0 aromatic heterocycles. The van der Waals surface area contributed by atoms with E-state index in [2.05, 4.69) is 20.8 Å². The Kier molecular flexibility index (Phi) is 6.23. The fourth-order valence-corrected chi connectivity index (χ4v) is 2.18. The van der Waals surface area contributed by atoms with Gasteiger partial charge >= 0.3 is 5.97 Å². The molecule has 1 heterocycles. The van der Waals surface area contributed by atoms with Crippen LogP contribution in [0.25, 0.3) is 0 Å². The van der Waals surface area contributed by atoms with E-state index in [1.807, 2.05) is 6.92 Å². The first kappa shape index (κ1) is 15.1. The molecular formula is C15H26O3. The van der Waals surface area contributed by atoms with Gasteiger partial charge in [0.1, 0.15) is 11.9 Å². The Hall–Kier alpha value is -0.990. The number of allylic oxidation sites excluding steroid dienone is 1. The first-order valence-electron chi connectivity index (χ1n) is 7.14. The molecule has 1 aliphatic heterocycles. The highest BCUT2D eigenvalue weighted by Gasteiger charge is 2.29. The average molecular weight is 254 g/mol. The standard InChI is InChI=1S/C15H26O3/c1-5-12-10-13(15(16)17-6-2)14(18-12)9-7-8-11(3)4/h11-12H,5-10H2,1-4H3. The molecule has 0 aliphatic carbocycles. The molecule has 0 saturated heterocycles. The molecule has 0 amide bonds. The van der Waals surface area contributed by atoms with Crippen LogP contribution in [0.5, 0.6) is 0 Å². The van der Waals surface area contributed by atoms with Gasteiger partial charge in [-0.3, -0.25) is 0 Å². The Morgan fingerprint density at radius 3 is 2.72 bits per heavy atom. The van der Waals surface area contributed by atoms with Gasteiger partial charge < -0.3 is 9.47 Å². The van der Waals surface area contributed by atoms with E-state index in [0.29, 0.717) is 18.9 Å². The lowest BCUT2D eigenvalue weighted by molar-refractivity contribution is -0.138. The fourth-order valence-electron chi connectivity index (χ4n) is 2.18. The van der Waals surface area contributed by atoms with Gasteiger partial charge in [-0.15, -0.1) is 0 Å². The topological polar surface area (TPSA) is 35.5 Å². The third-order valence-corrected chi connectivity index (χ3v) is 3.24. The van der Waals surface area contributed by atoms with Crippen molar-refractivity contribution in [3.05, 3.63) is 11.3 Å². The lowest BCUT2D eigenvalue weighted by atomic mass is 10.0. The predicted octanol–water partition coefficient (Wildman–Crippen LogP) is 3.83. The third kappa shape index (κ3) is 4.35. The molecule has 3 heteroatoms. The number of hydrogen-bond acceptors (Lipinski definition) is 3. The summed E-state index contributed by atoms with van der Waals surface area (Å²) in [5.41, 5.74) is 0.771. The second kappa shape index (κ2) is 7.45. The predicted molar refractivity (Wildman–Crippen MR) is 72.1 cm³/mol. The minimum Gasteiger partial charge on any atom is -0.494 e. The summed E-state index contributed by atoms with van der Waals surface area (Å²) in [5.74, 6) is 1.38. The Balaban J connectivity index is 2.60. The van der Waals surface area contributed by atoms with E-state index in [0.717, 1.165) is 30.6 Å². The normalized spacial score (nSPS) is 19.3. The van der Waals surface area contributed by atoms with Gasteiger partial charge in [0.2, 0.25) is 0 Å². The van der Waals surface area contributed by atoms with Crippen molar-refractivity contribution in [3.63, 3.8) is 0 Å². The first-order chi connectivity index (χ1) is 8.58. The van der Waals surface area contributed by atoms with E-state index < -0.39 is 0 Å². The van der Waals surface area contributed by atoms with Crippen molar-refractivity contribution < 1.29 is 14.3 Å². The van der Waals surface area contributed by atoms with E-state index in [1.165, 1.54) is 6.42 Å².